The zero-order valence-electron chi connectivity index (χ0n) is 11.3. The van der Waals surface area contributed by atoms with Crippen molar-refractivity contribution >= 4 is 5.91 Å². The summed E-state index contributed by atoms with van der Waals surface area (Å²) >= 11 is 0. The van der Waals surface area contributed by atoms with Gasteiger partial charge in [0.15, 0.2) is 0 Å². The normalized spacial score (nSPS) is 21.2. The molecule has 2 rings (SSSR count). The number of amides is 1. The van der Waals surface area contributed by atoms with Crippen LogP contribution in [-0.4, -0.2) is 30.3 Å². The van der Waals surface area contributed by atoms with Crippen molar-refractivity contribution in [3.05, 3.63) is 35.4 Å². The van der Waals surface area contributed by atoms with Gasteiger partial charge in [0.1, 0.15) is 0 Å². The number of fused-ring (bicyclic) bond motifs is 1. The van der Waals surface area contributed by atoms with Gasteiger partial charge >= 0.3 is 0 Å². The second kappa shape index (κ2) is 6.68. The molecule has 0 saturated carbocycles. The number of nitrogens with one attached hydrogen (secondary N) is 1. The van der Waals surface area contributed by atoms with Crippen LogP contribution in [0, 0.1) is 0 Å². The average molecular weight is 263 g/mol. The van der Waals surface area contributed by atoms with Gasteiger partial charge in [0.25, 0.3) is 0 Å². The molecule has 0 fully saturated rings. The van der Waals surface area contributed by atoms with Crippen molar-refractivity contribution in [1.82, 2.24) is 5.32 Å². The Kier molecular flexibility index (Phi) is 4.93. The first-order valence-electron chi connectivity index (χ1n) is 6.85. The Hall–Kier alpha value is -1.39. The molecule has 2 atom stereocenters. The van der Waals surface area contributed by atoms with Gasteiger partial charge < -0.3 is 15.2 Å². The number of hydrogen-bond acceptors (Lipinski definition) is 3. The largest absolute Gasteiger partial charge is 0.390 e. The van der Waals surface area contributed by atoms with Gasteiger partial charge in [-0.25, -0.2) is 0 Å². The van der Waals surface area contributed by atoms with E-state index in [1.54, 1.807) is 0 Å². The van der Waals surface area contributed by atoms with Crippen LogP contribution in [0.4, 0.5) is 0 Å². The fourth-order valence-corrected chi connectivity index (χ4v) is 2.40. The molecular formula is C15H21NO3. The summed E-state index contributed by atoms with van der Waals surface area (Å²) in [6, 6.07) is 7.56. The fourth-order valence-electron chi connectivity index (χ4n) is 2.40. The first-order chi connectivity index (χ1) is 9.22. The standard InChI is InChI=1S/C15H21NO3/c1-2-8-19-9-7-14(18)16-15-12-6-4-3-5-11(12)10-13(15)17/h3-6,13,15,17H,2,7-10H2,1H3,(H,16,18)/t13-,15+/m0/s1. The number of ether oxygens (including phenoxy) is 1. The van der Waals surface area contributed by atoms with Crippen molar-refractivity contribution in [1.29, 1.82) is 0 Å². The quantitative estimate of drug-likeness (QED) is 0.766. The van der Waals surface area contributed by atoms with Crippen LogP contribution >= 0.6 is 0 Å². The maximum absolute atomic E-state index is 11.8. The molecule has 1 aliphatic rings. The second-order valence-electron chi connectivity index (χ2n) is 4.88. The van der Waals surface area contributed by atoms with E-state index in [1.165, 1.54) is 0 Å². The van der Waals surface area contributed by atoms with Crippen LogP contribution in [0.15, 0.2) is 24.3 Å². The van der Waals surface area contributed by atoms with Crippen molar-refractivity contribution < 1.29 is 14.6 Å². The van der Waals surface area contributed by atoms with Gasteiger partial charge in [-0.1, -0.05) is 31.2 Å². The van der Waals surface area contributed by atoms with Crippen molar-refractivity contribution in [3.8, 4) is 0 Å². The van der Waals surface area contributed by atoms with Crippen LogP contribution in [0.1, 0.15) is 36.9 Å². The molecule has 0 radical (unpaired) electrons. The fraction of sp³-hybridized carbons (Fsp3) is 0.533. The lowest BCUT2D eigenvalue weighted by Crippen LogP contribution is -2.34. The molecule has 4 nitrogen and oxygen atoms in total. The second-order valence-corrected chi connectivity index (χ2v) is 4.88. The minimum Gasteiger partial charge on any atom is -0.390 e. The molecule has 1 amide bonds. The third-order valence-electron chi connectivity index (χ3n) is 3.34. The summed E-state index contributed by atoms with van der Waals surface area (Å²) in [4.78, 5) is 11.8. The molecule has 0 unspecified atom stereocenters. The van der Waals surface area contributed by atoms with E-state index < -0.39 is 6.10 Å². The SMILES string of the molecule is CCCOCCC(=O)N[C@@H]1c2ccccc2C[C@@H]1O. The van der Waals surface area contributed by atoms with Crippen LogP contribution in [0.3, 0.4) is 0 Å². The number of hydrogen-bond donors (Lipinski definition) is 2. The maximum atomic E-state index is 11.8. The number of aliphatic hydroxyl groups excluding tert-OH is 1. The molecular weight excluding hydrogens is 242 g/mol. The van der Waals surface area contributed by atoms with Crippen LogP contribution in [0.2, 0.25) is 0 Å². The van der Waals surface area contributed by atoms with E-state index in [-0.39, 0.29) is 11.9 Å². The Bertz CT molecular complexity index is 433. The zero-order valence-corrected chi connectivity index (χ0v) is 11.3. The van der Waals surface area contributed by atoms with Crippen LogP contribution in [-0.2, 0) is 16.0 Å². The van der Waals surface area contributed by atoms with E-state index in [0.29, 0.717) is 26.1 Å². The van der Waals surface area contributed by atoms with E-state index in [4.69, 9.17) is 4.74 Å². The molecule has 4 heteroatoms. The minimum atomic E-state index is -0.530. The lowest BCUT2D eigenvalue weighted by molar-refractivity contribution is -0.123. The molecule has 2 N–H and O–H groups in total. The summed E-state index contributed by atoms with van der Waals surface area (Å²) in [5, 5.41) is 12.9. The topological polar surface area (TPSA) is 58.6 Å². The van der Waals surface area contributed by atoms with Crippen molar-refractivity contribution in [2.75, 3.05) is 13.2 Å². The number of benzene rings is 1. The van der Waals surface area contributed by atoms with Gasteiger partial charge in [-0.05, 0) is 17.5 Å². The Morgan fingerprint density at radius 1 is 1.42 bits per heavy atom. The molecule has 0 saturated heterocycles. The molecule has 1 aromatic rings. The molecule has 0 heterocycles. The highest BCUT2D eigenvalue weighted by Crippen LogP contribution is 2.31. The Morgan fingerprint density at radius 3 is 3.00 bits per heavy atom. The maximum Gasteiger partial charge on any atom is 0.222 e. The molecule has 104 valence electrons. The highest BCUT2D eigenvalue weighted by Gasteiger charge is 2.31. The van der Waals surface area contributed by atoms with E-state index in [1.807, 2.05) is 31.2 Å². The lowest BCUT2D eigenvalue weighted by Gasteiger charge is -2.18. The van der Waals surface area contributed by atoms with Crippen molar-refractivity contribution in [3.63, 3.8) is 0 Å². The highest BCUT2D eigenvalue weighted by atomic mass is 16.5. The summed E-state index contributed by atoms with van der Waals surface area (Å²) in [6.45, 7) is 3.15. The molecule has 1 aliphatic carbocycles. The minimum absolute atomic E-state index is 0.0724. The molecule has 0 bridgehead atoms. The zero-order chi connectivity index (χ0) is 13.7. The number of aliphatic hydroxyl groups is 1. The van der Waals surface area contributed by atoms with Crippen molar-refractivity contribution in [2.45, 2.75) is 38.3 Å². The van der Waals surface area contributed by atoms with Crippen LogP contribution in [0.5, 0.6) is 0 Å². The van der Waals surface area contributed by atoms with E-state index in [9.17, 15) is 9.90 Å². The van der Waals surface area contributed by atoms with Gasteiger partial charge in [0.2, 0.25) is 5.91 Å². The summed E-state index contributed by atoms with van der Waals surface area (Å²) in [6.07, 6.45) is 1.37. The summed E-state index contributed by atoms with van der Waals surface area (Å²) in [7, 11) is 0. The molecule has 19 heavy (non-hydrogen) atoms. The lowest BCUT2D eigenvalue weighted by atomic mass is 10.1. The number of carbonyl (C=O) groups is 1. The molecule has 0 spiro atoms. The number of rotatable bonds is 6. The van der Waals surface area contributed by atoms with Gasteiger partial charge in [-0.15, -0.1) is 0 Å². The first kappa shape index (κ1) is 14.0. The van der Waals surface area contributed by atoms with Gasteiger partial charge in [-0.3, -0.25) is 4.79 Å². The van der Waals surface area contributed by atoms with E-state index >= 15 is 0 Å². The van der Waals surface area contributed by atoms with Crippen LogP contribution in [0.25, 0.3) is 0 Å². The Balaban J connectivity index is 1.87. The predicted molar refractivity (Wildman–Crippen MR) is 72.8 cm³/mol. The monoisotopic (exact) mass is 263 g/mol. The van der Waals surface area contributed by atoms with Crippen molar-refractivity contribution in [2.24, 2.45) is 0 Å². The first-order valence-corrected chi connectivity index (χ1v) is 6.85. The predicted octanol–water partition coefficient (Wildman–Crippen LogP) is 1.58. The smallest absolute Gasteiger partial charge is 0.222 e. The molecule has 1 aromatic carbocycles. The Morgan fingerprint density at radius 2 is 2.21 bits per heavy atom. The summed E-state index contributed by atoms with van der Waals surface area (Å²) in [5.41, 5.74) is 2.14. The molecule has 0 aliphatic heterocycles. The highest BCUT2D eigenvalue weighted by molar-refractivity contribution is 5.76. The molecule has 0 aromatic heterocycles. The summed E-state index contributed by atoms with van der Waals surface area (Å²) < 4.78 is 5.29. The van der Waals surface area contributed by atoms with Gasteiger partial charge in [-0.2, -0.15) is 0 Å². The third-order valence-corrected chi connectivity index (χ3v) is 3.34. The van der Waals surface area contributed by atoms with Crippen LogP contribution < -0.4 is 5.32 Å². The average Bonchev–Trinajstić information content (AvgIpc) is 2.72. The van der Waals surface area contributed by atoms with E-state index in [0.717, 1.165) is 17.5 Å². The Labute approximate surface area is 113 Å². The number of carbonyl (C=O) groups excluding carboxylic acids is 1. The van der Waals surface area contributed by atoms with Gasteiger partial charge in [0.05, 0.1) is 18.8 Å². The third kappa shape index (κ3) is 3.55. The summed E-state index contributed by atoms with van der Waals surface area (Å²) in [5.74, 6) is -0.0724. The van der Waals surface area contributed by atoms with Gasteiger partial charge in [0, 0.05) is 19.4 Å². The van der Waals surface area contributed by atoms with E-state index in [2.05, 4.69) is 5.32 Å².